The van der Waals surface area contributed by atoms with Gasteiger partial charge in [-0.25, -0.2) is 0 Å². The third kappa shape index (κ3) is 2.23. The Bertz CT molecular complexity index is 710. The van der Waals surface area contributed by atoms with Crippen molar-refractivity contribution in [1.82, 2.24) is 9.19 Å². The van der Waals surface area contributed by atoms with Crippen molar-refractivity contribution in [2.24, 2.45) is 0 Å². The molecule has 0 unspecified atom stereocenters. The zero-order valence-electron chi connectivity index (χ0n) is 9.06. The van der Waals surface area contributed by atoms with E-state index in [4.69, 9.17) is 34.8 Å². The molecule has 0 bridgehead atoms. The number of rotatable bonds is 2. The summed E-state index contributed by atoms with van der Waals surface area (Å²) in [5, 5.41) is 3.93. The normalized spacial score (nSPS) is 11.8. The van der Waals surface area contributed by atoms with Crippen molar-refractivity contribution < 1.29 is 8.42 Å². The molecular weight excluding hydrogens is 319 g/mol. The van der Waals surface area contributed by atoms with Crippen LogP contribution in [0.5, 0.6) is 0 Å². The quantitative estimate of drug-likeness (QED) is 0.795. The van der Waals surface area contributed by atoms with Crippen LogP contribution in [0.4, 0.5) is 0 Å². The minimum Gasteiger partial charge on any atom is -0.199 e. The Labute approximate surface area is 119 Å². The van der Waals surface area contributed by atoms with E-state index in [9.17, 15) is 8.42 Å². The van der Waals surface area contributed by atoms with Gasteiger partial charge in [0.05, 0.1) is 20.8 Å². The van der Waals surface area contributed by atoms with Gasteiger partial charge in [-0.1, -0.05) is 34.8 Å². The third-order valence-electron chi connectivity index (χ3n) is 2.22. The Morgan fingerprint density at radius 3 is 2.33 bits per heavy atom. The molecule has 0 fully saturated rings. The Kier molecular flexibility index (Phi) is 3.60. The molecule has 1 aromatic heterocycles. The van der Waals surface area contributed by atoms with E-state index in [0.717, 1.165) is 4.09 Å². The molecule has 2 rings (SSSR count). The van der Waals surface area contributed by atoms with Gasteiger partial charge in [0, 0.05) is 6.20 Å². The fraction of sp³-hybridized carbons (Fsp3) is 0.100. The highest BCUT2D eigenvalue weighted by Crippen LogP contribution is 2.35. The second-order valence-electron chi connectivity index (χ2n) is 3.51. The highest BCUT2D eigenvalue weighted by Gasteiger charge is 2.23. The van der Waals surface area contributed by atoms with Crippen LogP contribution >= 0.6 is 34.8 Å². The van der Waals surface area contributed by atoms with E-state index in [1.54, 1.807) is 13.0 Å². The van der Waals surface area contributed by atoms with Gasteiger partial charge >= 0.3 is 0 Å². The molecule has 0 aliphatic rings. The molecule has 1 heterocycles. The molecule has 1 aromatic carbocycles. The molecule has 0 aliphatic heterocycles. The fourth-order valence-electron chi connectivity index (χ4n) is 1.34. The van der Waals surface area contributed by atoms with Gasteiger partial charge in [0.1, 0.15) is 4.90 Å². The highest BCUT2D eigenvalue weighted by atomic mass is 35.5. The molecule has 96 valence electrons. The number of aromatic nitrogens is 2. The van der Waals surface area contributed by atoms with Crippen LogP contribution in [0.25, 0.3) is 0 Å². The average Bonchev–Trinajstić information content (AvgIpc) is 2.73. The van der Waals surface area contributed by atoms with E-state index in [-0.39, 0.29) is 20.0 Å². The van der Waals surface area contributed by atoms with Crippen molar-refractivity contribution in [2.45, 2.75) is 11.8 Å². The van der Waals surface area contributed by atoms with Crippen LogP contribution in [0, 0.1) is 6.92 Å². The summed E-state index contributed by atoms with van der Waals surface area (Å²) in [4.78, 5) is -0.137. The molecule has 2 aromatic rings. The smallest absolute Gasteiger partial charge is 0.199 e. The van der Waals surface area contributed by atoms with Crippen molar-refractivity contribution in [3.8, 4) is 0 Å². The molecule has 18 heavy (non-hydrogen) atoms. The summed E-state index contributed by atoms with van der Waals surface area (Å²) in [6.45, 7) is 1.68. The predicted molar refractivity (Wildman–Crippen MR) is 71.0 cm³/mol. The summed E-state index contributed by atoms with van der Waals surface area (Å²) < 4.78 is 25.3. The van der Waals surface area contributed by atoms with Crippen molar-refractivity contribution >= 4 is 44.8 Å². The van der Waals surface area contributed by atoms with E-state index >= 15 is 0 Å². The van der Waals surface area contributed by atoms with Gasteiger partial charge in [-0.3, -0.25) is 0 Å². The molecule has 4 nitrogen and oxygen atoms in total. The molecule has 0 amide bonds. The summed E-state index contributed by atoms with van der Waals surface area (Å²) in [6.07, 6.45) is 1.34. The van der Waals surface area contributed by atoms with Crippen LogP contribution in [0.15, 0.2) is 29.3 Å². The minimum atomic E-state index is -3.86. The summed E-state index contributed by atoms with van der Waals surface area (Å²) in [7, 11) is -3.86. The first-order chi connectivity index (χ1) is 8.34. The van der Waals surface area contributed by atoms with Crippen LogP contribution in [-0.4, -0.2) is 17.6 Å². The standard InChI is InChI=1S/C10H7Cl3N2O2S/c1-6-4-5-15(14-6)18(16,17)8-3-2-7(11)9(12)10(8)13/h2-5H,1H3. The molecule has 0 radical (unpaired) electrons. The van der Waals surface area contributed by atoms with E-state index in [1.165, 1.54) is 18.3 Å². The van der Waals surface area contributed by atoms with Gasteiger partial charge in [0.25, 0.3) is 10.0 Å². The summed E-state index contributed by atoms with van der Waals surface area (Å²) >= 11 is 17.5. The van der Waals surface area contributed by atoms with Crippen molar-refractivity contribution in [3.63, 3.8) is 0 Å². The maximum Gasteiger partial charge on any atom is 0.284 e. The lowest BCUT2D eigenvalue weighted by Crippen LogP contribution is -2.14. The first kappa shape index (κ1) is 13.7. The first-order valence-electron chi connectivity index (χ1n) is 4.75. The van der Waals surface area contributed by atoms with Crippen LogP contribution in [0.2, 0.25) is 15.1 Å². The van der Waals surface area contributed by atoms with Gasteiger partial charge in [0.2, 0.25) is 0 Å². The van der Waals surface area contributed by atoms with Crippen molar-refractivity contribution in [3.05, 3.63) is 45.2 Å². The van der Waals surface area contributed by atoms with Gasteiger partial charge in [-0.15, -0.1) is 0 Å². The van der Waals surface area contributed by atoms with Crippen molar-refractivity contribution in [1.29, 1.82) is 0 Å². The maximum absolute atomic E-state index is 12.2. The van der Waals surface area contributed by atoms with E-state index in [0.29, 0.717) is 5.69 Å². The number of benzene rings is 1. The fourth-order valence-corrected chi connectivity index (χ4v) is 3.45. The Morgan fingerprint density at radius 1 is 1.11 bits per heavy atom. The monoisotopic (exact) mass is 324 g/mol. The minimum absolute atomic E-state index is 0.00304. The maximum atomic E-state index is 12.2. The molecular formula is C10H7Cl3N2O2S. The zero-order valence-corrected chi connectivity index (χ0v) is 12.1. The molecule has 0 saturated heterocycles. The topological polar surface area (TPSA) is 52.0 Å². The summed E-state index contributed by atoms with van der Waals surface area (Å²) in [6, 6.07) is 4.24. The van der Waals surface area contributed by atoms with Crippen LogP contribution < -0.4 is 0 Å². The zero-order chi connectivity index (χ0) is 13.5. The van der Waals surface area contributed by atoms with Gasteiger partial charge in [0.15, 0.2) is 0 Å². The lowest BCUT2D eigenvalue weighted by Gasteiger charge is -2.08. The van der Waals surface area contributed by atoms with Crippen LogP contribution in [-0.2, 0) is 10.0 Å². The highest BCUT2D eigenvalue weighted by molar-refractivity contribution is 7.90. The number of hydrogen-bond acceptors (Lipinski definition) is 3. The van der Waals surface area contributed by atoms with E-state index in [1.807, 2.05) is 0 Å². The number of halogens is 3. The van der Waals surface area contributed by atoms with Crippen LogP contribution in [0.1, 0.15) is 5.69 Å². The number of nitrogens with zero attached hydrogens (tertiary/aromatic N) is 2. The molecule has 0 aliphatic carbocycles. The molecule has 0 saturated carbocycles. The lowest BCUT2D eigenvalue weighted by atomic mass is 10.4. The number of aryl methyl sites for hydroxylation is 1. The van der Waals surface area contributed by atoms with Gasteiger partial charge in [-0.2, -0.15) is 17.6 Å². The second kappa shape index (κ2) is 4.74. The van der Waals surface area contributed by atoms with Gasteiger partial charge < -0.3 is 0 Å². The average molecular weight is 326 g/mol. The third-order valence-corrected chi connectivity index (χ3v) is 5.22. The summed E-state index contributed by atoms with van der Waals surface area (Å²) in [5.41, 5.74) is 0.578. The molecule has 0 atom stereocenters. The Balaban J connectivity index is 2.66. The molecule has 8 heteroatoms. The predicted octanol–water partition coefficient (Wildman–Crippen LogP) is 3.39. The first-order valence-corrected chi connectivity index (χ1v) is 7.33. The molecule has 0 N–H and O–H groups in total. The SMILES string of the molecule is Cc1ccn(S(=O)(=O)c2ccc(Cl)c(Cl)c2Cl)n1. The largest absolute Gasteiger partial charge is 0.284 e. The summed E-state index contributed by atoms with van der Waals surface area (Å²) in [5.74, 6) is 0. The Hall–Kier alpha value is -0.750. The van der Waals surface area contributed by atoms with E-state index in [2.05, 4.69) is 5.10 Å². The van der Waals surface area contributed by atoms with E-state index < -0.39 is 10.0 Å². The Morgan fingerprint density at radius 2 is 1.78 bits per heavy atom. The molecule has 0 spiro atoms. The van der Waals surface area contributed by atoms with Crippen LogP contribution in [0.3, 0.4) is 0 Å². The second-order valence-corrected chi connectivity index (χ2v) is 6.44. The lowest BCUT2D eigenvalue weighted by molar-refractivity contribution is 0.579. The van der Waals surface area contributed by atoms with Crippen molar-refractivity contribution in [2.75, 3.05) is 0 Å². The van der Waals surface area contributed by atoms with Gasteiger partial charge in [-0.05, 0) is 25.1 Å². The number of hydrogen-bond donors (Lipinski definition) is 0.